The van der Waals surface area contributed by atoms with Gasteiger partial charge < -0.3 is 14.7 Å². The van der Waals surface area contributed by atoms with Crippen LogP contribution in [0.4, 0.5) is 0 Å². The topological polar surface area (TPSA) is 76.0 Å². The van der Waals surface area contributed by atoms with Crippen molar-refractivity contribution in [3.05, 3.63) is 23.3 Å². The van der Waals surface area contributed by atoms with E-state index in [-0.39, 0.29) is 17.8 Å². The lowest BCUT2D eigenvalue weighted by atomic mass is 9.43. The molecule has 0 aromatic rings. The SMILES string of the molecule is CC(C)=CCO/N=C/C12C[C@@H]3[C@H](C)CC[C@H]3C3(C=O)CC1C=C(C(C)C)[C@@]23C(=O)O. The number of aliphatic carboxylic acids is 1. The van der Waals surface area contributed by atoms with Crippen LogP contribution in [0.5, 0.6) is 0 Å². The molecule has 3 unspecified atom stereocenters. The molecule has 4 bridgehead atoms. The lowest BCUT2D eigenvalue weighted by Crippen LogP contribution is -2.63. The van der Waals surface area contributed by atoms with Crippen molar-refractivity contribution < 1.29 is 19.5 Å². The standard InChI is InChI=1S/C25H35NO4/c1-15(2)8-9-30-26-13-23-12-19-17(5)6-7-20(19)24(14-27)11-18(23)10-21(16(3)4)25(23,24)22(28)29/h8,10,13-14,16-20H,6-7,9,11-12H2,1-5H3,(H,28,29)/b26-13+/t17-,18?,19-,20-,23?,24?,25-/m1/s1. The smallest absolute Gasteiger partial charge is 0.315 e. The maximum absolute atomic E-state index is 13.2. The van der Waals surface area contributed by atoms with Gasteiger partial charge in [-0.05, 0) is 68.8 Å². The minimum Gasteiger partial charge on any atom is -0.481 e. The number of carboxylic acid groups (broad SMARTS) is 1. The molecule has 0 radical (unpaired) electrons. The van der Waals surface area contributed by atoms with Gasteiger partial charge >= 0.3 is 5.97 Å². The lowest BCUT2D eigenvalue weighted by molar-refractivity contribution is -0.173. The van der Waals surface area contributed by atoms with Crippen molar-refractivity contribution in [2.24, 2.45) is 51.0 Å². The molecule has 30 heavy (non-hydrogen) atoms. The summed E-state index contributed by atoms with van der Waals surface area (Å²) in [6.07, 6.45) is 10.4. The number of carbonyl (C=O) groups is 2. The molecule has 0 aliphatic heterocycles. The van der Waals surface area contributed by atoms with Crippen molar-refractivity contribution in [3.8, 4) is 0 Å². The molecule has 4 rings (SSSR count). The largest absolute Gasteiger partial charge is 0.481 e. The number of allylic oxidation sites excluding steroid dienone is 2. The van der Waals surface area contributed by atoms with Crippen LogP contribution in [-0.4, -0.2) is 30.2 Å². The lowest BCUT2D eigenvalue weighted by Gasteiger charge is -2.57. The highest BCUT2D eigenvalue weighted by atomic mass is 16.6. The number of carbonyl (C=O) groups excluding carboxylic acids is 1. The predicted molar refractivity (Wildman–Crippen MR) is 116 cm³/mol. The molecule has 164 valence electrons. The van der Waals surface area contributed by atoms with Gasteiger partial charge in [0, 0.05) is 5.41 Å². The van der Waals surface area contributed by atoms with Crippen LogP contribution in [0.15, 0.2) is 28.5 Å². The summed E-state index contributed by atoms with van der Waals surface area (Å²) in [5, 5.41) is 15.1. The third kappa shape index (κ3) is 2.38. The fourth-order valence-electron chi connectivity index (χ4n) is 7.87. The molecule has 0 spiro atoms. The van der Waals surface area contributed by atoms with Gasteiger partial charge in [0.15, 0.2) is 0 Å². The fraction of sp³-hybridized carbons (Fsp3) is 0.720. The summed E-state index contributed by atoms with van der Waals surface area (Å²) in [4.78, 5) is 31.6. The minimum atomic E-state index is -1.21. The maximum Gasteiger partial charge on any atom is 0.315 e. The Morgan fingerprint density at radius 3 is 2.63 bits per heavy atom. The van der Waals surface area contributed by atoms with Gasteiger partial charge in [-0.15, -0.1) is 0 Å². The quantitative estimate of drug-likeness (QED) is 0.212. The van der Waals surface area contributed by atoms with E-state index >= 15 is 0 Å². The number of hydrogen-bond acceptors (Lipinski definition) is 4. The summed E-state index contributed by atoms with van der Waals surface area (Å²) in [5.74, 6) is 0.229. The van der Waals surface area contributed by atoms with Gasteiger partial charge in [-0.1, -0.05) is 49.6 Å². The zero-order valence-corrected chi connectivity index (χ0v) is 18.9. The Balaban J connectivity index is 1.87. The monoisotopic (exact) mass is 413 g/mol. The Bertz CT molecular complexity index is 838. The number of aldehydes is 1. The van der Waals surface area contributed by atoms with Gasteiger partial charge in [-0.2, -0.15) is 0 Å². The average molecular weight is 414 g/mol. The number of fused-ring (bicyclic) bond motifs is 2. The van der Waals surface area contributed by atoms with Gasteiger partial charge in [0.25, 0.3) is 0 Å². The highest BCUT2D eigenvalue weighted by Crippen LogP contribution is 2.82. The van der Waals surface area contributed by atoms with Gasteiger partial charge in [0.2, 0.25) is 0 Å². The highest BCUT2D eigenvalue weighted by molar-refractivity contribution is 5.96. The molecule has 5 nitrogen and oxygen atoms in total. The summed E-state index contributed by atoms with van der Waals surface area (Å²) in [5.41, 5.74) is -0.682. The summed E-state index contributed by atoms with van der Waals surface area (Å²) in [6, 6.07) is 0. The van der Waals surface area contributed by atoms with Crippen LogP contribution in [0, 0.1) is 45.8 Å². The van der Waals surface area contributed by atoms with Crippen LogP contribution in [0.2, 0.25) is 0 Å². The molecule has 5 heteroatoms. The Hall–Kier alpha value is -1.91. The number of nitrogens with zero attached hydrogens (tertiary/aromatic N) is 1. The zero-order valence-electron chi connectivity index (χ0n) is 18.9. The minimum absolute atomic E-state index is 0.0183. The summed E-state index contributed by atoms with van der Waals surface area (Å²) in [6.45, 7) is 10.7. The van der Waals surface area contributed by atoms with E-state index in [9.17, 15) is 14.7 Å². The van der Waals surface area contributed by atoms with Crippen LogP contribution in [-0.2, 0) is 14.4 Å². The van der Waals surface area contributed by atoms with Gasteiger partial charge in [0.05, 0.1) is 11.6 Å². The van der Waals surface area contributed by atoms with Crippen LogP contribution in [0.3, 0.4) is 0 Å². The van der Waals surface area contributed by atoms with Gasteiger partial charge in [-0.3, -0.25) is 4.79 Å². The zero-order chi connectivity index (χ0) is 21.9. The van der Waals surface area contributed by atoms with Gasteiger partial charge in [-0.25, -0.2) is 0 Å². The Morgan fingerprint density at radius 2 is 2.03 bits per heavy atom. The first kappa shape index (κ1) is 21.3. The van der Waals surface area contributed by atoms with Crippen molar-refractivity contribution >= 4 is 18.5 Å². The van der Waals surface area contributed by atoms with E-state index in [4.69, 9.17) is 4.84 Å². The molecule has 0 heterocycles. The van der Waals surface area contributed by atoms with E-state index in [2.05, 4.69) is 32.0 Å². The van der Waals surface area contributed by atoms with E-state index in [0.717, 1.165) is 36.7 Å². The maximum atomic E-state index is 13.2. The predicted octanol–water partition coefficient (Wildman–Crippen LogP) is 4.88. The third-order valence-corrected chi connectivity index (χ3v) is 8.92. The summed E-state index contributed by atoms with van der Waals surface area (Å²) in [7, 11) is 0. The van der Waals surface area contributed by atoms with Crippen LogP contribution < -0.4 is 0 Å². The summed E-state index contributed by atoms with van der Waals surface area (Å²) >= 11 is 0. The first-order chi connectivity index (χ1) is 14.2. The second kappa shape index (κ2) is 7.06. The average Bonchev–Trinajstić information content (AvgIpc) is 3.24. The van der Waals surface area contributed by atoms with E-state index in [0.29, 0.717) is 24.9 Å². The number of oxime groups is 1. The number of rotatable bonds is 7. The molecule has 0 aromatic heterocycles. The van der Waals surface area contributed by atoms with Crippen molar-refractivity contribution in [1.29, 1.82) is 0 Å². The molecule has 1 N–H and O–H groups in total. The molecular weight excluding hydrogens is 378 g/mol. The Labute approximate surface area is 179 Å². The first-order valence-corrected chi connectivity index (χ1v) is 11.4. The van der Waals surface area contributed by atoms with Crippen molar-refractivity contribution in [2.75, 3.05) is 6.61 Å². The molecule has 4 aliphatic carbocycles. The third-order valence-electron chi connectivity index (χ3n) is 8.92. The highest BCUT2D eigenvalue weighted by Gasteiger charge is 2.84. The fourth-order valence-corrected chi connectivity index (χ4v) is 7.87. The van der Waals surface area contributed by atoms with Crippen molar-refractivity contribution in [2.45, 2.75) is 60.3 Å². The Morgan fingerprint density at radius 1 is 1.30 bits per heavy atom. The molecule has 3 fully saturated rings. The van der Waals surface area contributed by atoms with Crippen LogP contribution in [0.1, 0.15) is 60.3 Å². The van der Waals surface area contributed by atoms with Gasteiger partial charge in [0.1, 0.15) is 18.3 Å². The molecule has 0 saturated heterocycles. The van der Waals surface area contributed by atoms with Crippen molar-refractivity contribution in [3.63, 3.8) is 0 Å². The summed E-state index contributed by atoms with van der Waals surface area (Å²) < 4.78 is 0. The molecule has 7 atom stereocenters. The van der Waals surface area contributed by atoms with E-state index < -0.39 is 22.2 Å². The van der Waals surface area contributed by atoms with E-state index in [1.54, 1.807) is 6.21 Å². The first-order valence-electron chi connectivity index (χ1n) is 11.4. The second-order valence-corrected chi connectivity index (χ2v) is 10.7. The number of hydrogen-bond donors (Lipinski definition) is 1. The van der Waals surface area contributed by atoms with Crippen molar-refractivity contribution in [1.82, 2.24) is 0 Å². The van der Waals surface area contributed by atoms with Crippen LogP contribution >= 0.6 is 0 Å². The number of carboxylic acids is 1. The molecular formula is C25H35NO4. The van der Waals surface area contributed by atoms with Crippen LogP contribution in [0.25, 0.3) is 0 Å². The molecule has 0 aromatic carbocycles. The Kier molecular flexibility index (Phi) is 5.02. The molecule has 3 saturated carbocycles. The molecule has 4 aliphatic rings. The van der Waals surface area contributed by atoms with E-state index in [1.807, 2.05) is 19.9 Å². The second-order valence-electron chi connectivity index (χ2n) is 10.7. The van der Waals surface area contributed by atoms with E-state index in [1.165, 1.54) is 0 Å². The normalized spacial score (nSPS) is 43.6. The molecule has 0 amide bonds.